The molecule has 0 heterocycles. The summed E-state index contributed by atoms with van der Waals surface area (Å²) < 4.78 is 12.4. The van der Waals surface area contributed by atoms with Gasteiger partial charge in [-0.2, -0.15) is 0 Å². The van der Waals surface area contributed by atoms with E-state index < -0.39 is 0 Å². The number of fused-ring (bicyclic) bond motifs is 6. The zero-order chi connectivity index (χ0) is 40.2. The first-order valence-corrected chi connectivity index (χ1v) is 20.4. The van der Waals surface area contributed by atoms with Crippen LogP contribution in [0.5, 0.6) is 23.0 Å². The maximum Gasteiger partial charge on any atom is 0.129 e. The lowest BCUT2D eigenvalue weighted by atomic mass is 9.84. The van der Waals surface area contributed by atoms with Crippen LogP contribution in [-0.4, -0.2) is 0 Å². The highest BCUT2D eigenvalue weighted by Crippen LogP contribution is 2.50. The van der Waals surface area contributed by atoms with E-state index in [9.17, 15) is 0 Å². The van der Waals surface area contributed by atoms with Crippen molar-refractivity contribution in [3.05, 3.63) is 216 Å². The van der Waals surface area contributed by atoms with Crippen molar-refractivity contribution in [3.63, 3.8) is 0 Å². The lowest BCUT2D eigenvalue weighted by Gasteiger charge is -2.20. The van der Waals surface area contributed by atoms with Crippen LogP contribution >= 0.6 is 0 Å². The second-order valence-electron chi connectivity index (χ2n) is 15.7. The summed E-state index contributed by atoms with van der Waals surface area (Å²) in [4.78, 5) is 0. The van der Waals surface area contributed by atoms with E-state index in [0.717, 1.165) is 35.5 Å². The highest BCUT2D eigenvalue weighted by Gasteiger charge is 2.27. The maximum atomic E-state index is 6.20. The number of benzene rings is 9. The van der Waals surface area contributed by atoms with Crippen LogP contribution < -0.4 is 20.9 Å². The van der Waals surface area contributed by atoms with Gasteiger partial charge in [0, 0.05) is 23.5 Å². The molecule has 0 amide bonds. The lowest BCUT2D eigenvalue weighted by Crippen LogP contribution is -1.96. The zero-order valence-corrected chi connectivity index (χ0v) is 32.9. The molecule has 4 N–H and O–H groups in total. The number of hydrogen-bond acceptors (Lipinski definition) is 4. The molecule has 0 atom stereocenters. The molecule has 9 aromatic rings. The molecule has 0 saturated heterocycles. The summed E-state index contributed by atoms with van der Waals surface area (Å²) in [5.41, 5.74) is 33.6. The molecule has 0 bridgehead atoms. The van der Waals surface area contributed by atoms with Gasteiger partial charge in [0.15, 0.2) is 0 Å². The molecule has 60 heavy (non-hydrogen) atoms. The van der Waals surface area contributed by atoms with Gasteiger partial charge >= 0.3 is 0 Å². The average molecular weight is 773 g/mol. The Morgan fingerprint density at radius 1 is 0.300 bits per heavy atom. The molecule has 0 aliphatic heterocycles. The Kier molecular flexibility index (Phi) is 8.56. The number of nitrogens with two attached hydrogens (primary N) is 2. The molecule has 11 rings (SSSR count). The smallest absolute Gasteiger partial charge is 0.129 e. The highest BCUT2D eigenvalue weighted by atomic mass is 16.5. The van der Waals surface area contributed by atoms with Gasteiger partial charge in [0.2, 0.25) is 0 Å². The van der Waals surface area contributed by atoms with Gasteiger partial charge in [-0.05, 0) is 156 Å². The molecule has 9 aromatic carbocycles. The summed E-state index contributed by atoms with van der Waals surface area (Å²) in [6.45, 7) is 0. The summed E-state index contributed by atoms with van der Waals surface area (Å²) in [7, 11) is 0. The summed E-state index contributed by atoms with van der Waals surface area (Å²) in [6.07, 6.45) is 1.75. The van der Waals surface area contributed by atoms with E-state index in [2.05, 4.69) is 121 Å². The van der Waals surface area contributed by atoms with Gasteiger partial charge in [-0.1, -0.05) is 127 Å². The lowest BCUT2D eigenvalue weighted by molar-refractivity contribution is 0.483. The van der Waals surface area contributed by atoms with E-state index in [4.69, 9.17) is 20.9 Å². The van der Waals surface area contributed by atoms with Crippen molar-refractivity contribution < 1.29 is 9.47 Å². The largest absolute Gasteiger partial charge is 0.457 e. The third kappa shape index (κ3) is 6.36. The summed E-state index contributed by atoms with van der Waals surface area (Å²) >= 11 is 0. The first kappa shape index (κ1) is 35.4. The SMILES string of the molecule is Nc1cccc(Oc2ccc(-c3ccc4c(c3-c3cccc(-c5c(-c6ccc(Oc7cccc(N)c7)cc6)ccc6c5Cc5ccccc5-6)c3)Cc3ccccc3-4)cc2)c1. The Balaban J connectivity index is 1.04. The van der Waals surface area contributed by atoms with Gasteiger partial charge < -0.3 is 20.9 Å². The van der Waals surface area contributed by atoms with E-state index in [1.807, 2.05) is 72.8 Å². The maximum absolute atomic E-state index is 6.20. The number of rotatable bonds is 8. The predicted molar refractivity (Wildman–Crippen MR) is 247 cm³/mol. The van der Waals surface area contributed by atoms with Crippen LogP contribution in [0.1, 0.15) is 22.3 Å². The van der Waals surface area contributed by atoms with E-state index in [-0.39, 0.29) is 0 Å². The fraction of sp³-hybridized carbons (Fsp3) is 0.0357. The summed E-state index contributed by atoms with van der Waals surface area (Å²) in [5.74, 6) is 2.95. The number of nitrogen functional groups attached to an aromatic ring is 2. The zero-order valence-electron chi connectivity index (χ0n) is 32.9. The van der Waals surface area contributed by atoms with Crippen molar-refractivity contribution in [1.29, 1.82) is 0 Å². The van der Waals surface area contributed by atoms with Crippen molar-refractivity contribution in [2.45, 2.75) is 12.8 Å². The third-order valence-corrected chi connectivity index (χ3v) is 11.9. The van der Waals surface area contributed by atoms with Crippen LogP contribution in [0.2, 0.25) is 0 Å². The fourth-order valence-corrected chi connectivity index (χ4v) is 9.23. The number of hydrogen-bond donors (Lipinski definition) is 2. The normalized spacial score (nSPS) is 12.0. The first-order chi connectivity index (χ1) is 29.5. The van der Waals surface area contributed by atoms with Crippen LogP contribution in [0.25, 0.3) is 66.8 Å². The second-order valence-corrected chi connectivity index (χ2v) is 15.7. The van der Waals surface area contributed by atoms with Crippen LogP contribution in [0.15, 0.2) is 194 Å². The summed E-state index contributed by atoms with van der Waals surface area (Å²) in [6, 6.07) is 68.0. The molecule has 2 aliphatic rings. The molecule has 0 spiro atoms. The molecule has 0 saturated carbocycles. The van der Waals surface area contributed by atoms with Gasteiger partial charge in [-0.25, -0.2) is 0 Å². The number of ether oxygens (including phenoxy) is 2. The van der Waals surface area contributed by atoms with Gasteiger partial charge in [0.1, 0.15) is 23.0 Å². The van der Waals surface area contributed by atoms with Crippen molar-refractivity contribution in [3.8, 4) is 89.8 Å². The Morgan fingerprint density at radius 2 is 0.717 bits per heavy atom. The molecule has 286 valence electrons. The molecule has 4 nitrogen and oxygen atoms in total. The molecule has 0 aromatic heterocycles. The molecule has 0 unspecified atom stereocenters. The highest BCUT2D eigenvalue weighted by molar-refractivity contribution is 5.98. The van der Waals surface area contributed by atoms with Gasteiger partial charge in [-0.3, -0.25) is 0 Å². The van der Waals surface area contributed by atoms with Crippen molar-refractivity contribution in [2.75, 3.05) is 11.5 Å². The van der Waals surface area contributed by atoms with Gasteiger partial charge in [-0.15, -0.1) is 0 Å². The molecule has 2 aliphatic carbocycles. The quantitative estimate of drug-likeness (QED) is 0.151. The molecule has 0 radical (unpaired) electrons. The fourth-order valence-electron chi connectivity index (χ4n) is 9.23. The topological polar surface area (TPSA) is 70.5 Å². The Morgan fingerprint density at radius 3 is 1.17 bits per heavy atom. The number of anilines is 2. The molecular weight excluding hydrogens is 733 g/mol. The Hall–Kier alpha value is -7.82. The van der Waals surface area contributed by atoms with Crippen LogP contribution in [0.4, 0.5) is 11.4 Å². The average Bonchev–Trinajstić information content (AvgIpc) is 3.85. The van der Waals surface area contributed by atoms with Crippen molar-refractivity contribution >= 4 is 11.4 Å². The Bertz CT molecular complexity index is 2900. The summed E-state index contributed by atoms with van der Waals surface area (Å²) in [5, 5.41) is 0. The third-order valence-electron chi connectivity index (χ3n) is 11.9. The van der Waals surface area contributed by atoms with E-state index in [1.165, 1.54) is 77.9 Å². The Labute approximate surface area is 350 Å². The second kappa shape index (κ2) is 14.5. The monoisotopic (exact) mass is 772 g/mol. The molecular formula is C56H40N2O2. The van der Waals surface area contributed by atoms with Crippen molar-refractivity contribution in [2.24, 2.45) is 0 Å². The minimum absolute atomic E-state index is 0.671. The minimum atomic E-state index is 0.671. The predicted octanol–water partition coefficient (Wildman–Crippen LogP) is 14.2. The van der Waals surface area contributed by atoms with E-state index >= 15 is 0 Å². The minimum Gasteiger partial charge on any atom is -0.457 e. The van der Waals surface area contributed by atoms with E-state index in [1.54, 1.807) is 0 Å². The molecule has 0 fully saturated rings. The standard InChI is InChI=1S/C56H40N2O2/c57-41-12-6-14-45(33-41)59-43-22-18-35(19-23-43)49-26-28-51-47-16-3-1-8-37(47)31-53(51)55(49)39-10-5-11-40(30-39)56-50(27-29-52-48-17-4-2-9-38(48)32-54(52)56)36-20-24-44(25-21-36)60-46-15-7-13-42(58)34-46/h1-30,33-34H,31-32,57-58H2. The first-order valence-electron chi connectivity index (χ1n) is 20.4. The van der Waals surface area contributed by atoms with Crippen LogP contribution in [0.3, 0.4) is 0 Å². The molecule has 4 heteroatoms. The van der Waals surface area contributed by atoms with E-state index in [0.29, 0.717) is 22.9 Å². The van der Waals surface area contributed by atoms with Crippen LogP contribution in [-0.2, 0) is 12.8 Å². The van der Waals surface area contributed by atoms with Crippen molar-refractivity contribution in [1.82, 2.24) is 0 Å². The van der Waals surface area contributed by atoms with Gasteiger partial charge in [0.25, 0.3) is 0 Å². The van der Waals surface area contributed by atoms with Gasteiger partial charge in [0.05, 0.1) is 0 Å². The van der Waals surface area contributed by atoms with Crippen LogP contribution in [0, 0.1) is 0 Å².